The second-order valence-electron chi connectivity index (χ2n) is 6.90. The molecular weight excluding hydrogens is 404 g/mol. The van der Waals surface area contributed by atoms with E-state index in [4.69, 9.17) is 5.14 Å². The molecule has 1 aromatic heterocycles. The summed E-state index contributed by atoms with van der Waals surface area (Å²) in [6.07, 6.45) is 1.87. The number of aryl methyl sites for hydroxylation is 1. The molecule has 8 nitrogen and oxygen atoms in total. The number of hydrogen-bond donors (Lipinski definition) is 2. The molecule has 0 unspecified atom stereocenters. The fourth-order valence-electron chi connectivity index (χ4n) is 2.83. The van der Waals surface area contributed by atoms with Gasteiger partial charge in [0.15, 0.2) is 0 Å². The molecule has 0 aliphatic rings. The molecule has 3 rings (SSSR count). The van der Waals surface area contributed by atoms with Crippen LogP contribution in [-0.4, -0.2) is 30.4 Å². The predicted octanol–water partition coefficient (Wildman–Crippen LogP) is 1.23. The highest BCUT2D eigenvalue weighted by Crippen LogP contribution is 2.15. The van der Waals surface area contributed by atoms with Gasteiger partial charge < -0.3 is 5.32 Å². The van der Waals surface area contributed by atoms with Crippen molar-refractivity contribution in [2.75, 3.05) is 6.54 Å². The molecule has 3 aromatic rings. The molecule has 1 heterocycles. The molecular formula is C21H22N4O4S. The van der Waals surface area contributed by atoms with Crippen LogP contribution in [-0.2, 0) is 27.8 Å². The van der Waals surface area contributed by atoms with Crippen molar-refractivity contribution in [3.05, 3.63) is 82.4 Å². The maximum absolute atomic E-state index is 12.3. The summed E-state index contributed by atoms with van der Waals surface area (Å²) in [5, 5.41) is 7.80. The highest BCUT2D eigenvalue weighted by molar-refractivity contribution is 7.89. The van der Waals surface area contributed by atoms with Gasteiger partial charge in [-0.3, -0.25) is 14.2 Å². The molecule has 0 radical (unpaired) electrons. The molecule has 0 fully saturated rings. The quantitative estimate of drug-likeness (QED) is 0.588. The topological polar surface area (TPSA) is 124 Å². The van der Waals surface area contributed by atoms with Gasteiger partial charge in [0.2, 0.25) is 15.9 Å². The summed E-state index contributed by atoms with van der Waals surface area (Å²) in [6.45, 7) is 2.19. The summed E-state index contributed by atoms with van der Waals surface area (Å²) in [5.41, 5.74) is 3.05. The third-order valence-corrected chi connectivity index (χ3v) is 5.46. The van der Waals surface area contributed by atoms with E-state index in [2.05, 4.69) is 10.3 Å². The van der Waals surface area contributed by atoms with Gasteiger partial charge in [0.25, 0.3) is 5.56 Å². The van der Waals surface area contributed by atoms with Gasteiger partial charge in [-0.05, 0) is 31.0 Å². The van der Waals surface area contributed by atoms with Gasteiger partial charge in [-0.15, -0.1) is 0 Å². The Morgan fingerprint density at radius 2 is 1.77 bits per heavy atom. The van der Waals surface area contributed by atoms with E-state index in [1.165, 1.54) is 29.1 Å². The number of nitrogens with two attached hydrogens (primary N) is 1. The molecule has 9 heteroatoms. The SMILES string of the molecule is Cc1ccc(-c2cc(=O)n(CC(=O)NCCc3ccc(S(N)(=O)=O)cc3)cn2)cc1. The van der Waals surface area contributed by atoms with Crippen LogP contribution in [0, 0.1) is 6.92 Å². The first-order chi connectivity index (χ1) is 14.2. The number of amides is 1. The molecule has 0 atom stereocenters. The largest absolute Gasteiger partial charge is 0.354 e. The molecule has 2 aromatic carbocycles. The second-order valence-corrected chi connectivity index (χ2v) is 8.46. The molecule has 0 spiro atoms. The molecule has 0 saturated carbocycles. The number of hydrogen-bond acceptors (Lipinski definition) is 5. The van der Waals surface area contributed by atoms with Gasteiger partial charge in [-0.2, -0.15) is 0 Å². The summed E-state index contributed by atoms with van der Waals surface area (Å²) >= 11 is 0. The van der Waals surface area contributed by atoms with Crippen molar-refractivity contribution in [2.45, 2.75) is 24.8 Å². The van der Waals surface area contributed by atoms with Gasteiger partial charge >= 0.3 is 0 Å². The Balaban J connectivity index is 1.54. The van der Waals surface area contributed by atoms with Crippen molar-refractivity contribution in [3.63, 3.8) is 0 Å². The Morgan fingerprint density at radius 3 is 2.37 bits per heavy atom. The second kappa shape index (κ2) is 9.02. The Morgan fingerprint density at radius 1 is 1.10 bits per heavy atom. The van der Waals surface area contributed by atoms with E-state index in [-0.39, 0.29) is 22.9 Å². The molecule has 30 heavy (non-hydrogen) atoms. The monoisotopic (exact) mass is 426 g/mol. The first-order valence-corrected chi connectivity index (χ1v) is 10.8. The van der Waals surface area contributed by atoms with E-state index >= 15 is 0 Å². The number of carbonyl (C=O) groups excluding carboxylic acids is 1. The van der Waals surface area contributed by atoms with E-state index in [1.807, 2.05) is 31.2 Å². The summed E-state index contributed by atoms with van der Waals surface area (Å²) in [4.78, 5) is 28.8. The zero-order chi connectivity index (χ0) is 21.7. The third kappa shape index (κ3) is 5.62. The maximum atomic E-state index is 12.3. The minimum atomic E-state index is -3.72. The van der Waals surface area contributed by atoms with Crippen LogP contribution in [0.15, 0.2) is 70.6 Å². The Labute approximate surface area is 174 Å². The number of benzene rings is 2. The molecule has 0 aliphatic heterocycles. The van der Waals surface area contributed by atoms with E-state index in [0.29, 0.717) is 18.7 Å². The lowest BCUT2D eigenvalue weighted by Gasteiger charge is -2.08. The lowest BCUT2D eigenvalue weighted by molar-refractivity contribution is -0.121. The maximum Gasteiger partial charge on any atom is 0.254 e. The Bertz CT molecular complexity index is 1200. The standard InChI is InChI=1S/C21H22N4O4S/c1-15-2-6-17(7-3-15)19-12-21(27)25(14-24-19)13-20(26)23-11-10-16-4-8-18(9-5-16)30(22,28)29/h2-9,12,14H,10-11,13H2,1H3,(H,23,26)(H2,22,28,29). The van der Waals surface area contributed by atoms with Crippen molar-refractivity contribution < 1.29 is 13.2 Å². The van der Waals surface area contributed by atoms with Gasteiger partial charge in [-0.25, -0.2) is 18.5 Å². The average Bonchev–Trinajstić information content (AvgIpc) is 2.70. The number of primary sulfonamides is 1. The summed E-state index contributed by atoms with van der Waals surface area (Å²) in [5.74, 6) is -0.317. The van der Waals surface area contributed by atoms with Crippen molar-refractivity contribution in [3.8, 4) is 11.3 Å². The van der Waals surface area contributed by atoms with Crippen LogP contribution in [0.2, 0.25) is 0 Å². The van der Waals surface area contributed by atoms with E-state index < -0.39 is 10.0 Å². The first-order valence-electron chi connectivity index (χ1n) is 9.24. The summed E-state index contributed by atoms with van der Waals surface area (Å²) in [7, 11) is -3.72. The normalized spacial score (nSPS) is 11.3. The van der Waals surface area contributed by atoms with E-state index in [0.717, 1.165) is 16.7 Å². The lowest BCUT2D eigenvalue weighted by atomic mass is 10.1. The number of rotatable bonds is 7. The van der Waals surface area contributed by atoms with E-state index in [1.54, 1.807) is 12.1 Å². The molecule has 156 valence electrons. The summed E-state index contributed by atoms with van der Waals surface area (Å²) in [6, 6.07) is 15.2. The number of sulfonamides is 1. The zero-order valence-corrected chi connectivity index (χ0v) is 17.2. The highest BCUT2D eigenvalue weighted by Gasteiger charge is 2.09. The van der Waals surface area contributed by atoms with Gasteiger partial charge in [0, 0.05) is 18.2 Å². The lowest BCUT2D eigenvalue weighted by Crippen LogP contribution is -2.33. The van der Waals surface area contributed by atoms with Crippen LogP contribution >= 0.6 is 0 Å². The van der Waals surface area contributed by atoms with Gasteiger partial charge in [0.05, 0.1) is 16.9 Å². The molecule has 0 aliphatic carbocycles. The fourth-order valence-corrected chi connectivity index (χ4v) is 3.34. The van der Waals surface area contributed by atoms with Crippen molar-refractivity contribution in [1.29, 1.82) is 0 Å². The molecule has 3 N–H and O–H groups in total. The minimum Gasteiger partial charge on any atom is -0.354 e. The number of aromatic nitrogens is 2. The van der Waals surface area contributed by atoms with Gasteiger partial charge in [0.1, 0.15) is 6.54 Å². The Kier molecular flexibility index (Phi) is 6.43. The van der Waals surface area contributed by atoms with Crippen LogP contribution in [0.4, 0.5) is 0 Å². The summed E-state index contributed by atoms with van der Waals surface area (Å²) < 4.78 is 23.7. The number of carbonyl (C=O) groups is 1. The fraction of sp³-hybridized carbons (Fsp3) is 0.190. The van der Waals surface area contributed by atoms with Crippen molar-refractivity contribution in [2.24, 2.45) is 5.14 Å². The van der Waals surface area contributed by atoms with E-state index in [9.17, 15) is 18.0 Å². The van der Waals surface area contributed by atoms with Gasteiger partial charge in [-0.1, -0.05) is 42.0 Å². The van der Waals surface area contributed by atoms with Crippen LogP contribution in [0.3, 0.4) is 0 Å². The Hall–Kier alpha value is -3.30. The third-order valence-electron chi connectivity index (χ3n) is 4.53. The molecule has 0 saturated heterocycles. The van der Waals surface area contributed by atoms with Crippen LogP contribution in [0.25, 0.3) is 11.3 Å². The minimum absolute atomic E-state index is 0.0382. The number of nitrogens with zero attached hydrogens (tertiary/aromatic N) is 2. The van der Waals surface area contributed by atoms with Crippen LogP contribution in [0.1, 0.15) is 11.1 Å². The predicted molar refractivity (Wildman–Crippen MR) is 113 cm³/mol. The van der Waals surface area contributed by atoms with Crippen LogP contribution in [0.5, 0.6) is 0 Å². The smallest absolute Gasteiger partial charge is 0.254 e. The van der Waals surface area contributed by atoms with Crippen LogP contribution < -0.4 is 16.0 Å². The molecule has 0 bridgehead atoms. The average molecular weight is 426 g/mol. The van der Waals surface area contributed by atoms with Crippen molar-refractivity contribution >= 4 is 15.9 Å². The molecule has 1 amide bonds. The highest BCUT2D eigenvalue weighted by atomic mass is 32.2. The first kappa shape index (κ1) is 21.4. The van der Waals surface area contributed by atoms with Crippen molar-refractivity contribution in [1.82, 2.24) is 14.9 Å². The number of nitrogens with one attached hydrogen (secondary N) is 1. The zero-order valence-electron chi connectivity index (χ0n) is 16.4.